The summed E-state index contributed by atoms with van der Waals surface area (Å²) >= 11 is 5.66. The van der Waals surface area contributed by atoms with Gasteiger partial charge in [-0.25, -0.2) is 0 Å². The second-order valence-electron chi connectivity index (χ2n) is 4.59. The highest BCUT2D eigenvalue weighted by atomic mass is 35.5. The molecule has 0 aromatic heterocycles. The van der Waals surface area contributed by atoms with E-state index in [0.29, 0.717) is 0 Å². The zero-order chi connectivity index (χ0) is 13.1. The number of alkyl halides is 1. The van der Waals surface area contributed by atoms with Crippen LogP contribution in [0.3, 0.4) is 0 Å². The van der Waals surface area contributed by atoms with Crippen molar-refractivity contribution in [1.82, 2.24) is 4.90 Å². The highest BCUT2D eigenvalue weighted by molar-refractivity contribution is 6.17. The molecule has 18 heavy (non-hydrogen) atoms. The minimum absolute atomic E-state index is 0.231. The van der Waals surface area contributed by atoms with Gasteiger partial charge in [0.05, 0.1) is 6.61 Å². The molecule has 0 spiro atoms. The Bertz CT molecular complexity index is 292. The Morgan fingerprint density at radius 2 is 1.67 bits per heavy atom. The molecule has 0 amide bonds. The van der Waals surface area contributed by atoms with Crippen molar-refractivity contribution in [2.75, 3.05) is 25.6 Å². The van der Waals surface area contributed by atoms with Crippen molar-refractivity contribution in [2.45, 2.75) is 32.2 Å². The molecule has 0 radical (unpaired) electrons. The van der Waals surface area contributed by atoms with E-state index in [0.717, 1.165) is 31.9 Å². The number of aliphatic hydroxyl groups is 1. The normalized spacial score (nSPS) is 11.1. The van der Waals surface area contributed by atoms with Crippen molar-refractivity contribution >= 4 is 11.6 Å². The molecule has 102 valence electrons. The van der Waals surface area contributed by atoms with Crippen molar-refractivity contribution < 1.29 is 5.11 Å². The Morgan fingerprint density at radius 3 is 2.33 bits per heavy atom. The third-order valence-corrected chi connectivity index (χ3v) is 3.29. The van der Waals surface area contributed by atoms with E-state index in [4.69, 9.17) is 16.7 Å². The number of unbranched alkanes of at least 4 members (excludes halogenated alkanes) is 3. The smallest absolute Gasteiger partial charge is 0.0558 e. The molecule has 0 atom stereocenters. The third-order valence-electron chi connectivity index (χ3n) is 3.02. The van der Waals surface area contributed by atoms with Crippen LogP contribution in [0.25, 0.3) is 0 Å². The first-order valence-corrected chi connectivity index (χ1v) is 7.33. The summed E-state index contributed by atoms with van der Waals surface area (Å²) in [6.07, 6.45) is 4.73. The van der Waals surface area contributed by atoms with Gasteiger partial charge >= 0.3 is 0 Å². The maximum Gasteiger partial charge on any atom is 0.0558 e. The topological polar surface area (TPSA) is 23.5 Å². The van der Waals surface area contributed by atoms with Gasteiger partial charge < -0.3 is 5.11 Å². The van der Waals surface area contributed by atoms with Gasteiger partial charge in [-0.2, -0.15) is 0 Å². The molecule has 0 bridgehead atoms. The fraction of sp³-hybridized carbons (Fsp3) is 0.600. The predicted octanol–water partition coefficient (Wildman–Crippen LogP) is 3.28. The van der Waals surface area contributed by atoms with Crippen LogP contribution in [0.2, 0.25) is 0 Å². The predicted molar refractivity (Wildman–Crippen MR) is 78.0 cm³/mol. The van der Waals surface area contributed by atoms with Gasteiger partial charge in [-0.3, -0.25) is 4.90 Å². The van der Waals surface area contributed by atoms with Gasteiger partial charge in [0.15, 0.2) is 0 Å². The number of hydrogen-bond donors (Lipinski definition) is 1. The molecule has 0 unspecified atom stereocenters. The van der Waals surface area contributed by atoms with Crippen LogP contribution in [0.4, 0.5) is 0 Å². The highest BCUT2D eigenvalue weighted by Gasteiger charge is 2.04. The van der Waals surface area contributed by atoms with Crippen molar-refractivity contribution in [3.63, 3.8) is 0 Å². The largest absolute Gasteiger partial charge is 0.395 e. The Kier molecular flexibility index (Phi) is 8.92. The van der Waals surface area contributed by atoms with E-state index in [-0.39, 0.29) is 6.61 Å². The lowest BCUT2D eigenvalue weighted by Crippen LogP contribution is -2.27. The first-order valence-electron chi connectivity index (χ1n) is 6.80. The Labute approximate surface area is 116 Å². The zero-order valence-electron chi connectivity index (χ0n) is 11.0. The number of nitrogens with zero attached hydrogens (tertiary/aromatic N) is 1. The van der Waals surface area contributed by atoms with E-state index in [9.17, 15) is 0 Å². The van der Waals surface area contributed by atoms with E-state index in [1.807, 2.05) is 6.07 Å². The van der Waals surface area contributed by atoms with Crippen LogP contribution < -0.4 is 0 Å². The average Bonchev–Trinajstić information content (AvgIpc) is 2.40. The van der Waals surface area contributed by atoms with E-state index in [2.05, 4.69) is 29.2 Å². The molecule has 0 heterocycles. The summed E-state index contributed by atoms with van der Waals surface area (Å²) in [5.74, 6) is 0.768. The minimum atomic E-state index is 0.231. The van der Waals surface area contributed by atoms with Gasteiger partial charge in [0.1, 0.15) is 0 Å². The summed E-state index contributed by atoms with van der Waals surface area (Å²) in [7, 11) is 0. The van der Waals surface area contributed by atoms with Gasteiger partial charge in [-0.15, -0.1) is 11.6 Å². The summed E-state index contributed by atoms with van der Waals surface area (Å²) in [6.45, 7) is 2.97. The van der Waals surface area contributed by atoms with Gasteiger partial charge in [0.2, 0.25) is 0 Å². The average molecular weight is 270 g/mol. The molecule has 0 saturated carbocycles. The van der Waals surface area contributed by atoms with Gasteiger partial charge in [-0.05, 0) is 24.9 Å². The van der Waals surface area contributed by atoms with Crippen LogP contribution >= 0.6 is 11.6 Å². The van der Waals surface area contributed by atoms with Crippen LogP contribution in [-0.2, 0) is 6.54 Å². The maximum absolute atomic E-state index is 9.10. The van der Waals surface area contributed by atoms with Crippen LogP contribution in [-0.4, -0.2) is 35.6 Å². The van der Waals surface area contributed by atoms with E-state index >= 15 is 0 Å². The van der Waals surface area contributed by atoms with Crippen LogP contribution in [0.15, 0.2) is 30.3 Å². The number of hydrogen-bond acceptors (Lipinski definition) is 2. The Balaban J connectivity index is 2.26. The number of benzene rings is 1. The lowest BCUT2D eigenvalue weighted by molar-refractivity contribution is 0.187. The van der Waals surface area contributed by atoms with E-state index in [1.165, 1.54) is 24.8 Å². The molecule has 1 N–H and O–H groups in total. The molecule has 0 aliphatic heterocycles. The van der Waals surface area contributed by atoms with Crippen molar-refractivity contribution in [2.24, 2.45) is 0 Å². The van der Waals surface area contributed by atoms with Crippen molar-refractivity contribution in [1.29, 1.82) is 0 Å². The van der Waals surface area contributed by atoms with Gasteiger partial charge in [0, 0.05) is 19.0 Å². The minimum Gasteiger partial charge on any atom is -0.395 e. The van der Waals surface area contributed by atoms with E-state index in [1.54, 1.807) is 0 Å². The summed E-state index contributed by atoms with van der Waals surface area (Å²) < 4.78 is 0. The van der Waals surface area contributed by atoms with Crippen molar-refractivity contribution in [3.8, 4) is 0 Å². The number of aliphatic hydroxyl groups excluding tert-OH is 1. The fourth-order valence-corrected chi connectivity index (χ4v) is 2.23. The monoisotopic (exact) mass is 269 g/mol. The first kappa shape index (κ1) is 15.5. The van der Waals surface area contributed by atoms with Crippen LogP contribution in [0.1, 0.15) is 31.2 Å². The third kappa shape index (κ3) is 7.00. The zero-order valence-corrected chi connectivity index (χ0v) is 11.8. The summed E-state index contributed by atoms with van der Waals surface area (Å²) in [5, 5.41) is 9.10. The lowest BCUT2D eigenvalue weighted by Gasteiger charge is -2.21. The second kappa shape index (κ2) is 10.4. The van der Waals surface area contributed by atoms with Crippen LogP contribution in [0, 0.1) is 0 Å². The molecule has 0 aliphatic rings. The SMILES string of the molecule is OCCN(CCCCCCCl)Cc1ccccc1. The highest BCUT2D eigenvalue weighted by Crippen LogP contribution is 2.07. The molecule has 2 nitrogen and oxygen atoms in total. The van der Waals surface area contributed by atoms with Crippen molar-refractivity contribution in [3.05, 3.63) is 35.9 Å². The maximum atomic E-state index is 9.10. The standard InChI is InChI=1S/C15H24ClNO/c16-10-6-1-2-7-11-17(12-13-18)14-15-8-4-3-5-9-15/h3-5,8-9,18H,1-2,6-7,10-14H2. The molecule has 1 rings (SSSR count). The van der Waals surface area contributed by atoms with Gasteiger partial charge in [0.25, 0.3) is 0 Å². The summed E-state index contributed by atoms with van der Waals surface area (Å²) in [4.78, 5) is 2.32. The molecule has 1 aromatic rings. The fourth-order valence-electron chi connectivity index (χ4n) is 2.04. The Hall–Kier alpha value is -0.570. The van der Waals surface area contributed by atoms with E-state index < -0.39 is 0 Å². The molecule has 0 aliphatic carbocycles. The summed E-state index contributed by atoms with van der Waals surface area (Å²) in [5.41, 5.74) is 1.31. The molecule has 0 saturated heterocycles. The number of rotatable bonds is 10. The molecule has 0 fully saturated rings. The quantitative estimate of drug-likeness (QED) is 0.521. The number of halogens is 1. The molecule has 1 aromatic carbocycles. The molecular formula is C15H24ClNO. The first-order chi connectivity index (χ1) is 8.86. The Morgan fingerprint density at radius 1 is 0.944 bits per heavy atom. The molecule has 3 heteroatoms. The van der Waals surface area contributed by atoms with Gasteiger partial charge in [-0.1, -0.05) is 43.2 Å². The molecular weight excluding hydrogens is 246 g/mol. The summed E-state index contributed by atoms with van der Waals surface area (Å²) in [6, 6.07) is 10.4. The second-order valence-corrected chi connectivity index (χ2v) is 4.97. The lowest BCUT2D eigenvalue weighted by atomic mass is 10.1. The van der Waals surface area contributed by atoms with Crippen LogP contribution in [0.5, 0.6) is 0 Å².